The summed E-state index contributed by atoms with van der Waals surface area (Å²) in [5, 5.41) is 8.07. The van der Waals surface area contributed by atoms with Crippen molar-refractivity contribution in [1.82, 2.24) is 29.5 Å². The van der Waals surface area contributed by atoms with Crippen LogP contribution in [0.5, 0.6) is 0 Å². The number of nitrogens with two attached hydrogens (primary N) is 1. The Bertz CT molecular complexity index is 725. The summed E-state index contributed by atoms with van der Waals surface area (Å²) in [6.07, 6.45) is 5.42. The van der Waals surface area contributed by atoms with Gasteiger partial charge in [-0.05, 0) is 19.9 Å². The van der Waals surface area contributed by atoms with E-state index in [0.29, 0.717) is 19.1 Å². The number of hydrogen-bond donors (Lipinski definition) is 1. The van der Waals surface area contributed by atoms with Gasteiger partial charge < -0.3 is 10.3 Å². The van der Waals surface area contributed by atoms with Gasteiger partial charge in [-0.25, -0.2) is 9.67 Å². The normalized spacial score (nSPS) is 11.6. The summed E-state index contributed by atoms with van der Waals surface area (Å²) in [4.78, 5) is 8.77. The third-order valence-electron chi connectivity index (χ3n) is 3.18. The maximum atomic E-state index is 5.55. The SMILES string of the molecule is CC(C)n1c(Cn2cc(CN)nn2)nc2cnccc21. The Kier molecular flexibility index (Phi) is 3.19. The molecule has 20 heavy (non-hydrogen) atoms. The highest BCUT2D eigenvalue weighted by Gasteiger charge is 2.14. The topological polar surface area (TPSA) is 87.4 Å². The van der Waals surface area contributed by atoms with Crippen LogP contribution in [0.2, 0.25) is 0 Å². The highest BCUT2D eigenvalue weighted by Crippen LogP contribution is 2.20. The van der Waals surface area contributed by atoms with Crippen LogP contribution in [0.15, 0.2) is 24.7 Å². The summed E-state index contributed by atoms with van der Waals surface area (Å²) in [6.45, 7) is 5.24. The van der Waals surface area contributed by atoms with Crippen LogP contribution in [-0.2, 0) is 13.1 Å². The number of aromatic nitrogens is 6. The summed E-state index contributed by atoms with van der Waals surface area (Å²) >= 11 is 0. The zero-order valence-electron chi connectivity index (χ0n) is 11.6. The summed E-state index contributed by atoms with van der Waals surface area (Å²) in [7, 11) is 0. The van der Waals surface area contributed by atoms with Crippen molar-refractivity contribution >= 4 is 11.0 Å². The summed E-state index contributed by atoms with van der Waals surface area (Å²) in [5.41, 5.74) is 8.31. The van der Waals surface area contributed by atoms with Crippen molar-refractivity contribution < 1.29 is 0 Å². The first kappa shape index (κ1) is 12.7. The van der Waals surface area contributed by atoms with Crippen molar-refractivity contribution in [3.8, 4) is 0 Å². The highest BCUT2D eigenvalue weighted by molar-refractivity contribution is 5.74. The summed E-state index contributed by atoms with van der Waals surface area (Å²) in [5.74, 6) is 0.941. The average Bonchev–Trinajstić information content (AvgIpc) is 3.02. The minimum atomic E-state index is 0.315. The molecule has 2 N–H and O–H groups in total. The Balaban J connectivity index is 2.03. The van der Waals surface area contributed by atoms with Crippen LogP contribution >= 0.6 is 0 Å². The quantitative estimate of drug-likeness (QED) is 0.768. The van der Waals surface area contributed by atoms with E-state index in [-0.39, 0.29) is 0 Å². The molecule has 0 radical (unpaired) electrons. The van der Waals surface area contributed by atoms with Crippen LogP contribution in [-0.4, -0.2) is 29.5 Å². The molecule has 0 aliphatic heterocycles. The first-order chi connectivity index (χ1) is 9.69. The maximum absolute atomic E-state index is 5.55. The molecule has 0 unspecified atom stereocenters. The molecule has 0 saturated heterocycles. The van der Waals surface area contributed by atoms with E-state index in [1.165, 1.54) is 0 Å². The second-order valence-corrected chi connectivity index (χ2v) is 4.97. The van der Waals surface area contributed by atoms with Crippen molar-refractivity contribution in [3.05, 3.63) is 36.2 Å². The van der Waals surface area contributed by atoms with E-state index in [0.717, 1.165) is 22.6 Å². The Morgan fingerprint density at radius 3 is 2.90 bits per heavy atom. The zero-order valence-corrected chi connectivity index (χ0v) is 11.6. The molecule has 0 aliphatic carbocycles. The molecule has 3 heterocycles. The smallest absolute Gasteiger partial charge is 0.132 e. The van der Waals surface area contributed by atoms with Gasteiger partial charge in [-0.15, -0.1) is 5.10 Å². The Labute approximate surface area is 116 Å². The van der Waals surface area contributed by atoms with Gasteiger partial charge in [-0.3, -0.25) is 4.98 Å². The van der Waals surface area contributed by atoms with Gasteiger partial charge in [0, 0.05) is 18.8 Å². The molecule has 3 aromatic rings. The van der Waals surface area contributed by atoms with Crippen molar-refractivity contribution in [1.29, 1.82) is 0 Å². The lowest BCUT2D eigenvalue weighted by Gasteiger charge is -2.12. The van der Waals surface area contributed by atoms with Gasteiger partial charge in [0.05, 0.1) is 23.6 Å². The fourth-order valence-corrected chi connectivity index (χ4v) is 2.34. The van der Waals surface area contributed by atoms with E-state index in [1.54, 1.807) is 17.1 Å². The minimum absolute atomic E-state index is 0.315. The molecule has 3 aromatic heterocycles. The van der Waals surface area contributed by atoms with Gasteiger partial charge in [0.1, 0.15) is 17.9 Å². The van der Waals surface area contributed by atoms with Gasteiger partial charge in [-0.2, -0.15) is 0 Å². The maximum Gasteiger partial charge on any atom is 0.132 e. The number of imidazole rings is 1. The largest absolute Gasteiger partial charge is 0.325 e. The van der Waals surface area contributed by atoms with Crippen molar-refractivity contribution in [2.75, 3.05) is 0 Å². The molecule has 104 valence electrons. The Morgan fingerprint density at radius 2 is 2.20 bits per heavy atom. The Hall–Kier alpha value is -2.28. The highest BCUT2D eigenvalue weighted by atomic mass is 15.4. The predicted octanol–water partition coefficient (Wildman–Crippen LogP) is 1.11. The second-order valence-electron chi connectivity index (χ2n) is 4.97. The molecule has 0 amide bonds. The van der Waals surface area contributed by atoms with E-state index < -0.39 is 0 Å². The molecule has 0 aromatic carbocycles. The molecule has 0 aliphatic rings. The lowest BCUT2D eigenvalue weighted by Crippen LogP contribution is -2.11. The number of rotatable bonds is 4. The molecule has 0 saturated carbocycles. The monoisotopic (exact) mass is 271 g/mol. The first-order valence-corrected chi connectivity index (χ1v) is 6.59. The number of hydrogen-bond acceptors (Lipinski definition) is 5. The van der Waals surface area contributed by atoms with E-state index in [9.17, 15) is 0 Å². The van der Waals surface area contributed by atoms with E-state index in [2.05, 4.69) is 38.7 Å². The van der Waals surface area contributed by atoms with E-state index in [4.69, 9.17) is 5.73 Å². The summed E-state index contributed by atoms with van der Waals surface area (Å²) < 4.78 is 3.95. The van der Waals surface area contributed by atoms with Gasteiger partial charge in [-0.1, -0.05) is 5.21 Å². The van der Waals surface area contributed by atoms with E-state index in [1.807, 2.05) is 12.3 Å². The molecular weight excluding hydrogens is 254 g/mol. The van der Waals surface area contributed by atoms with Crippen molar-refractivity contribution in [2.24, 2.45) is 5.73 Å². The molecule has 7 nitrogen and oxygen atoms in total. The first-order valence-electron chi connectivity index (χ1n) is 6.59. The van der Waals surface area contributed by atoms with Gasteiger partial charge in [0.25, 0.3) is 0 Å². The number of pyridine rings is 1. The third kappa shape index (κ3) is 2.16. The molecule has 0 spiro atoms. The molecule has 7 heteroatoms. The van der Waals surface area contributed by atoms with Crippen molar-refractivity contribution in [2.45, 2.75) is 33.0 Å². The van der Waals surface area contributed by atoms with Crippen LogP contribution in [0, 0.1) is 0 Å². The van der Waals surface area contributed by atoms with Crippen molar-refractivity contribution in [3.63, 3.8) is 0 Å². The third-order valence-corrected chi connectivity index (χ3v) is 3.18. The molecule has 3 rings (SSSR count). The average molecular weight is 271 g/mol. The fourth-order valence-electron chi connectivity index (χ4n) is 2.34. The van der Waals surface area contributed by atoms with Crippen LogP contribution in [0.25, 0.3) is 11.0 Å². The van der Waals surface area contributed by atoms with Crippen LogP contribution in [0.1, 0.15) is 31.4 Å². The fraction of sp³-hybridized carbons (Fsp3) is 0.385. The van der Waals surface area contributed by atoms with Gasteiger partial charge in [0.2, 0.25) is 0 Å². The summed E-state index contributed by atoms with van der Waals surface area (Å²) in [6, 6.07) is 2.30. The molecule has 0 bridgehead atoms. The molecular formula is C13H17N7. The number of fused-ring (bicyclic) bond motifs is 1. The lowest BCUT2D eigenvalue weighted by atomic mass is 10.3. The van der Waals surface area contributed by atoms with Gasteiger partial charge in [0.15, 0.2) is 0 Å². The molecule has 0 atom stereocenters. The zero-order chi connectivity index (χ0) is 14.1. The Morgan fingerprint density at radius 1 is 1.35 bits per heavy atom. The van der Waals surface area contributed by atoms with Crippen LogP contribution in [0.4, 0.5) is 0 Å². The second kappa shape index (κ2) is 5.01. The van der Waals surface area contributed by atoms with Crippen LogP contribution < -0.4 is 5.73 Å². The lowest BCUT2D eigenvalue weighted by molar-refractivity contribution is 0.543. The standard InChI is InChI=1S/C13H17N7/c1-9(2)20-12-3-4-15-6-11(12)16-13(20)8-19-7-10(5-14)17-18-19/h3-4,6-7,9H,5,8,14H2,1-2H3. The number of nitrogens with zero attached hydrogens (tertiary/aromatic N) is 6. The van der Waals surface area contributed by atoms with Gasteiger partial charge >= 0.3 is 0 Å². The minimum Gasteiger partial charge on any atom is -0.325 e. The van der Waals surface area contributed by atoms with E-state index >= 15 is 0 Å². The molecule has 0 fully saturated rings. The predicted molar refractivity (Wildman–Crippen MR) is 74.9 cm³/mol. The van der Waals surface area contributed by atoms with Crippen LogP contribution in [0.3, 0.4) is 0 Å².